The van der Waals surface area contributed by atoms with Crippen LogP contribution in [0.1, 0.15) is 26.2 Å². The van der Waals surface area contributed by atoms with Gasteiger partial charge in [0.05, 0.1) is 5.69 Å². The maximum absolute atomic E-state index is 13.0. The van der Waals surface area contributed by atoms with Gasteiger partial charge < -0.3 is 5.73 Å². The van der Waals surface area contributed by atoms with E-state index >= 15 is 0 Å². The van der Waals surface area contributed by atoms with E-state index in [0.29, 0.717) is 6.54 Å². The molecule has 1 aromatic rings. The molecule has 0 aliphatic carbocycles. The van der Waals surface area contributed by atoms with Crippen LogP contribution < -0.4 is 5.73 Å². The molecule has 0 spiro atoms. The zero-order valence-electron chi connectivity index (χ0n) is 10.3. The Morgan fingerprint density at radius 2 is 2.22 bits per heavy atom. The highest BCUT2D eigenvalue weighted by Gasteiger charge is 2.35. The van der Waals surface area contributed by atoms with Crippen molar-refractivity contribution in [2.75, 3.05) is 12.3 Å². The molecule has 2 N–H and O–H groups in total. The van der Waals surface area contributed by atoms with Crippen molar-refractivity contribution in [2.45, 2.75) is 37.1 Å². The van der Waals surface area contributed by atoms with Gasteiger partial charge in [-0.05, 0) is 37.5 Å². The highest BCUT2D eigenvalue weighted by molar-refractivity contribution is 7.89. The van der Waals surface area contributed by atoms with Crippen LogP contribution in [0.5, 0.6) is 0 Å². The molecule has 2 rings (SSSR count). The first-order valence-electron chi connectivity index (χ1n) is 6.03. The molecule has 1 saturated heterocycles. The maximum atomic E-state index is 13.0. The van der Waals surface area contributed by atoms with E-state index < -0.39 is 15.8 Å². The Morgan fingerprint density at radius 3 is 2.83 bits per heavy atom. The quantitative estimate of drug-likeness (QED) is 0.856. The van der Waals surface area contributed by atoms with E-state index in [1.807, 2.05) is 6.92 Å². The molecule has 6 heteroatoms. The molecule has 1 heterocycles. The first-order valence-corrected chi connectivity index (χ1v) is 7.47. The predicted octanol–water partition coefficient (Wildman–Crippen LogP) is 1.97. The van der Waals surface area contributed by atoms with E-state index in [2.05, 4.69) is 0 Å². The minimum Gasteiger partial charge on any atom is -0.398 e. The number of hydrogen-bond acceptors (Lipinski definition) is 3. The Hall–Kier alpha value is -1.14. The number of anilines is 1. The summed E-state index contributed by atoms with van der Waals surface area (Å²) in [5.41, 5.74) is 5.59. The Kier molecular flexibility index (Phi) is 3.59. The summed E-state index contributed by atoms with van der Waals surface area (Å²) < 4.78 is 39.4. The van der Waals surface area contributed by atoms with Crippen molar-refractivity contribution in [3.8, 4) is 0 Å². The van der Waals surface area contributed by atoms with Crippen LogP contribution in [0.2, 0.25) is 0 Å². The van der Waals surface area contributed by atoms with Gasteiger partial charge in [0.2, 0.25) is 10.0 Å². The number of nitrogens with two attached hydrogens (primary N) is 1. The summed E-state index contributed by atoms with van der Waals surface area (Å²) in [6.45, 7) is 2.48. The van der Waals surface area contributed by atoms with Crippen molar-refractivity contribution in [3.05, 3.63) is 24.0 Å². The van der Waals surface area contributed by atoms with Crippen LogP contribution in [0.25, 0.3) is 0 Å². The second-order valence-corrected chi connectivity index (χ2v) is 6.36. The van der Waals surface area contributed by atoms with E-state index in [4.69, 9.17) is 5.73 Å². The summed E-state index contributed by atoms with van der Waals surface area (Å²) in [5, 5.41) is 0. The first-order chi connectivity index (χ1) is 8.46. The van der Waals surface area contributed by atoms with Crippen LogP contribution in [-0.2, 0) is 10.0 Å². The monoisotopic (exact) mass is 272 g/mol. The van der Waals surface area contributed by atoms with Crippen LogP contribution in [0, 0.1) is 5.82 Å². The lowest BCUT2D eigenvalue weighted by molar-refractivity contribution is 0.380. The Balaban J connectivity index is 2.42. The SMILES string of the molecule is CCC1CCCN1S(=O)(=O)c1ccc(F)cc1N. The molecular formula is C12H17FN2O2S. The van der Waals surface area contributed by atoms with Crippen LogP contribution in [0.4, 0.5) is 10.1 Å². The maximum Gasteiger partial charge on any atom is 0.245 e. The van der Waals surface area contributed by atoms with E-state index in [1.54, 1.807) is 0 Å². The molecule has 1 aromatic carbocycles. The molecule has 0 saturated carbocycles. The first kappa shape index (κ1) is 13.3. The van der Waals surface area contributed by atoms with Crippen LogP contribution in [0.15, 0.2) is 23.1 Å². The van der Waals surface area contributed by atoms with Crippen molar-refractivity contribution in [1.29, 1.82) is 0 Å². The molecule has 1 aliphatic rings. The zero-order valence-corrected chi connectivity index (χ0v) is 11.1. The van der Waals surface area contributed by atoms with Crippen molar-refractivity contribution in [3.63, 3.8) is 0 Å². The van der Waals surface area contributed by atoms with Gasteiger partial charge in [0.1, 0.15) is 10.7 Å². The molecule has 1 unspecified atom stereocenters. The molecule has 100 valence electrons. The highest BCUT2D eigenvalue weighted by Crippen LogP contribution is 2.30. The van der Waals surface area contributed by atoms with Crippen molar-refractivity contribution < 1.29 is 12.8 Å². The Labute approximate surface area is 107 Å². The molecule has 1 atom stereocenters. The smallest absolute Gasteiger partial charge is 0.245 e. The second-order valence-electron chi connectivity index (χ2n) is 4.50. The van der Waals surface area contributed by atoms with Crippen LogP contribution >= 0.6 is 0 Å². The normalized spacial score (nSPS) is 21.3. The summed E-state index contributed by atoms with van der Waals surface area (Å²) in [6, 6.07) is 3.44. The van der Waals surface area contributed by atoms with Gasteiger partial charge in [-0.2, -0.15) is 4.31 Å². The third-order valence-electron chi connectivity index (χ3n) is 3.35. The van der Waals surface area contributed by atoms with Crippen molar-refractivity contribution >= 4 is 15.7 Å². The molecule has 18 heavy (non-hydrogen) atoms. The minimum atomic E-state index is -3.61. The van der Waals surface area contributed by atoms with Gasteiger partial charge in [-0.15, -0.1) is 0 Å². The largest absolute Gasteiger partial charge is 0.398 e. The van der Waals surface area contributed by atoms with E-state index in [0.717, 1.165) is 31.4 Å². The van der Waals surface area contributed by atoms with Crippen molar-refractivity contribution in [2.24, 2.45) is 0 Å². The van der Waals surface area contributed by atoms with Gasteiger partial charge in [0.25, 0.3) is 0 Å². The minimum absolute atomic E-state index is 0.00394. The number of nitrogen functional groups attached to an aromatic ring is 1. The van der Waals surface area contributed by atoms with Gasteiger partial charge in [0, 0.05) is 12.6 Å². The fourth-order valence-corrected chi connectivity index (χ4v) is 4.28. The van der Waals surface area contributed by atoms with Crippen LogP contribution in [0.3, 0.4) is 0 Å². The number of halogens is 1. The third-order valence-corrected chi connectivity index (χ3v) is 5.38. The van der Waals surface area contributed by atoms with Gasteiger partial charge in [-0.1, -0.05) is 6.92 Å². The van der Waals surface area contributed by atoms with E-state index in [1.165, 1.54) is 10.4 Å². The fraction of sp³-hybridized carbons (Fsp3) is 0.500. The lowest BCUT2D eigenvalue weighted by Crippen LogP contribution is -2.35. The van der Waals surface area contributed by atoms with E-state index in [-0.39, 0.29) is 16.6 Å². The molecule has 0 aromatic heterocycles. The summed E-state index contributed by atoms with van der Waals surface area (Å²) in [5.74, 6) is -0.528. The number of nitrogens with zero attached hydrogens (tertiary/aromatic N) is 1. The van der Waals surface area contributed by atoms with Crippen molar-refractivity contribution in [1.82, 2.24) is 4.31 Å². The van der Waals surface area contributed by atoms with Gasteiger partial charge in [-0.25, -0.2) is 12.8 Å². The molecule has 0 bridgehead atoms. The Morgan fingerprint density at radius 1 is 1.50 bits per heavy atom. The number of benzene rings is 1. The standard InChI is InChI=1S/C12H17FN2O2S/c1-2-10-4-3-7-15(10)18(16,17)12-6-5-9(13)8-11(12)14/h5-6,8,10H,2-4,7,14H2,1H3. The molecule has 4 nitrogen and oxygen atoms in total. The number of sulfonamides is 1. The molecule has 0 amide bonds. The second kappa shape index (κ2) is 4.85. The lowest BCUT2D eigenvalue weighted by atomic mass is 10.2. The van der Waals surface area contributed by atoms with Crippen LogP contribution in [-0.4, -0.2) is 25.3 Å². The molecular weight excluding hydrogens is 255 g/mol. The van der Waals surface area contributed by atoms with Gasteiger partial charge in [-0.3, -0.25) is 0 Å². The summed E-state index contributed by atoms with van der Waals surface area (Å²) >= 11 is 0. The zero-order chi connectivity index (χ0) is 13.3. The highest BCUT2D eigenvalue weighted by atomic mass is 32.2. The molecule has 1 fully saturated rings. The molecule has 0 radical (unpaired) electrons. The average Bonchev–Trinajstić information content (AvgIpc) is 2.76. The Bertz CT molecular complexity index is 545. The van der Waals surface area contributed by atoms with Gasteiger partial charge >= 0.3 is 0 Å². The molecule has 1 aliphatic heterocycles. The van der Waals surface area contributed by atoms with E-state index in [9.17, 15) is 12.8 Å². The topological polar surface area (TPSA) is 63.4 Å². The number of hydrogen-bond donors (Lipinski definition) is 1. The van der Waals surface area contributed by atoms with Gasteiger partial charge in [0.15, 0.2) is 0 Å². The lowest BCUT2D eigenvalue weighted by Gasteiger charge is -2.23. The predicted molar refractivity (Wildman–Crippen MR) is 68.0 cm³/mol. The summed E-state index contributed by atoms with van der Waals surface area (Å²) in [4.78, 5) is 0.00394. The summed E-state index contributed by atoms with van der Waals surface area (Å²) in [7, 11) is -3.61. The third kappa shape index (κ3) is 2.22. The summed E-state index contributed by atoms with van der Waals surface area (Å²) in [6.07, 6.45) is 2.51. The fourth-order valence-electron chi connectivity index (χ4n) is 2.41. The number of rotatable bonds is 3. The average molecular weight is 272 g/mol.